The fourth-order valence-electron chi connectivity index (χ4n) is 4.75. The van der Waals surface area contributed by atoms with Crippen molar-refractivity contribution in [3.63, 3.8) is 0 Å². The number of anilines is 1. The third-order valence-corrected chi connectivity index (χ3v) is 8.43. The van der Waals surface area contributed by atoms with E-state index in [1.807, 2.05) is 54.6 Å². The molecule has 43 heavy (non-hydrogen) atoms. The van der Waals surface area contributed by atoms with Crippen molar-refractivity contribution in [1.82, 2.24) is 10.6 Å². The van der Waals surface area contributed by atoms with Gasteiger partial charge < -0.3 is 20.7 Å². The average Bonchev–Trinajstić information content (AvgIpc) is 3.03. The number of hydrogen-bond acceptors (Lipinski definition) is 6. The number of nitrogens with one attached hydrogen (secondary N) is 3. The van der Waals surface area contributed by atoms with Crippen LogP contribution in [0.1, 0.15) is 41.3 Å². The molecule has 0 radical (unpaired) electrons. The average molecular weight is 607 g/mol. The monoisotopic (exact) mass is 606 g/mol. The molecule has 0 fully saturated rings. The summed E-state index contributed by atoms with van der Waals surface area (Å²) in [4.78, 5) is 38.5. The minimum Gasteiger partial charge on any atom is -0.497 e. The van der Waals surface area contributed by atoms with Crippen LogP contribution in [0, 0.1) is 11.8 Å². The van der Waals surface area contributed by atoms with Crippen molar-refractivity contribution in [2.24, 2.45) is 11.8 Å². The summed E-state index contributed by atoms with van der Waals surface area (Å²) in [6, 6.07) is 23.3. The minimum atomic E-state index is -2.02. The second-order valence-electron chi connectivity index (χ2n) is 10.5. The molecule has 3 aromatic rings. The van der Waals surface area contributed by atoms with Gasteiger partial charge in [0.1, 0.15) is 11.8 Å². The lowest BCUT2D eigenvalue weighted by molar-refractivity contribution is -0.130. The molecule has 0 bridgehead atoms. The Bertz CT molecular complexity index is 1350. The molecule has 0 saturated carbocycles. The first-order chi connectivity index (χ1) is 20.7. The molecule has 3 rings (SSSR count). The summed E-state index contributed by atoms with van der Waals surface area (Å²) in [5, 5.41) is 8.41. The summed E-state index contributed by atoms with van der Waals surface area (Å²) in [5.41, 5.74) is 3.28. The largest absolute Gasteiger partial charge is 0.508 e. The fourth-order valence-corrected chi connectivity index (χ4v) is 5.58. The van der Waals surface area contributed by atoms with Crippen molar-refractivity contribution in [2.75, 3.05) is 32.7 Å². The molecule has 0 aliphatic carbocycles. The van der Waals surface area contributed by atoms with Crippen molar-refractivity contribution in [3.05, 3.63) is 95.6 Å². The zero-order chi connectivity index (χ0) is 31.2. The van der Waals surface area contributed by atoms with Crippen LogP contribution in [0.5, 0.6) is 5.75 Å². The van der Waals surface area contributed by atoms with Gasteiger partial charge in [-0.1, -0.05) is 49.4 Å². The molecule has 228 valence electrons. The Kier molecular flexibility index (Phi) is 13.3. The van der Waals surface area contributed by atoms with Crippen LogP contribution in [-0.2, 0) is 31.5 Å². The highest BCUT2D eigenvalue weighted by molar-refractivity contribution is 7.39. The predicted molar refractivity (Wildman–Crippen MR) is 169 cm³/mol. The van der Waals surface area contributed by atoms with Crippen LogP contribution < -0.4 is 20.7 Å². The third kappa shape index (κ3) is 10.9. The van der Waals surface area contributed by atoms with E-state index in [1.165, 1.54) is 14.2 Å². The fraction of sp³-hybridized carbons (Fsp3) is 0.364. The smallest absolute Gasteiger partial charge is 0.497 e. The normalized spacial score (nSPS) is 13.3. The first kappa shape index (κ1) is 33.4. The van der Waals surface area contributed by atoms with E-state index in [0.717, 1.165) is 24.0 Å². The molecule has 3 N–H and O–H groups in total. The summed E-state index contributed by atoms with van der Waals surface area (Å²) in [6.07, 6.45) is 2.44. The quantitative estimate of drug-likeness (QED) is 0.188. The molecule has 4 unspecified atom stereocenters. The number of rotatable bonds is 16. The van der Waals surface area contributed by atoms with Crippen LogP contribution >= 0.6 is 8.03 Å². The van der Waals surface area contributed by atoms with Gasteiger partial charge in [-0.2, -0.15) is 0 Å². The second-order valence-corrected chi connectivity index (χ2v) is 11.9. The van der Waals surface area contributed by atoms with Gasteiger partial charge in [0, 0.05) is 24.7 Å². The molecular formula is C33H41N3O6P+. The number of likely N-dealkylation sites (N-methyl/N-ethyl adjacent to an activating group) is 1. The van der Waals surface area contributed by atoms with Gasteiger partial charge in [0.15, 0.2) is 6.16 Å². The highest BCUT2D eigenvalue weighted by Gasteiger charge is 2.33. The Labute approximate surface area is 254 Å². The van der Waals surface area contributed by atoms with Gasteiger partial charge in [-0.05, 0) is 77.3 Å². The number of ether oxygens (including phenoxy) is 1. The second kappa shape index (κ2) is 17.1. The number of methoxy groups -OCH3 is 1. The van der Waals surface area contributed by atoms with Crippen LogP contribution in [0.2, 0.25) is 0 Å². The molecule has 4 atom stereocenters. The Hall–Kier alpha value is -4.07. The van der Waals surface area contributed by atoms with Gasteiger partial charge in [0.25, 0.3) is 5.91 Å². The molecule has 0 aliphatic rings. The van der Waals surface area contributed by atoms with E-state index in [4.69, 9.17) is 9.26 Å². The molecule has 0 aliphatic heterocycles. The number of carbonyl (C=O) groups excluding carboxylic acids is 3. The Morgan fingerprint density at radius 2 is 1.51 bits per heavy atom. The highest BCUT2D eigenvalue weighted by Crippen LogP contribution is 2.29. The molecule has 10 heteroatoms. The number of aryl methyl sites for hydroxylation is 1. The molecule has 0 aromatic heterocycles. The predicted octanol–water partition coefficient (Wildman–Crippen LogP) is 5.38. The molecule has 0 heterocycles. The topological polar surface area (TPSA) is 123 Å². The SMILES string of the molecule is CNC(=O)C(Cc1ccc(OC)cc1)NC(=O)C(CC(C)CCc1ccc(NC(=O)c2ccccc2)cc1)C[P+](=O)OC. The third-order valence-electron chi connectivity index (χ3n) is 7.28. The van der Waals surface area contributed by atoms with Gasteiger partial charge in [0.2, 0.25) is 11.8 Å². The van der Waals surface area contributed by atoms with Gasteiger partial charge in [0.05, 0.1) is 20.1 Å². The molecule has 3 amide bonds. The minimum absolute atomic E-state index is 0.0703. The Balaban J connectivity index is 1.59. The van der Waals surface area contributed by atoms with Crippen molar-refractivity contribution >= 4 is 31.4 Å². The molecular weight excluding hydrogens is 565 g/mol. The summed E-state index contributed by atoms with van der Waals surface area (Å²) in [5.74, 6) is -0.551. The maximum atomic E-state index is 13.4. The van der Waals surface area contributed by atoms with E-state index in [9.17, 15) is 18.9 Å². The summed E-state index contributed by atoms with van der Waals surface area (Å²) in [6.45, 7) is 2.06. The van der Waals surface area contributed by atoms with Crippen molar-refractivity contribution < 1.29 is 28.2 Å². The van der Waals surface area contributed by atoms with Crippen molar-refractivity contribution in [3.8, 4) is 5.75 Å². The van der Waals surface area contributed by atoms with Gasteiger partial charge in [-0.15, -0.1) is 4.52 Å². The number of benzene rings is 3. The lowest BCUT2D eigenvalue weighted by Crippen LogP contribution is -2.49. The van der Waals surface area contributed by atoms with Crippen LogP contribution in [0.4, 0.5) is 5.69 Å². The maximum absolute atomic E-state index is 13.4. The zero-order valence-corrected chi connectivity index (χ0v) is 26.1. The van der Waals surface area contributed by atoms with Gasteiger partial charge in [-0.25, -0.2) is 0 Å². The number of amides is 3. The van der Waals surface area contributed by atoms with Gasteiger partial charge >= 0.3 is 8.03 Å². The van der Waals surface area contributed by atoms with E-state index < -0.39 is 20.0 Å². The van der Waals surface area contributed by atoms with Crippen molar-refractivity contribution in [2.45, 2.75) is 38.6 Å². The van der Waals surface area contributed by atoms with E-state index in [0.29, 0.717) is 29.8 Å². The summed E-state index contributed by atoms with van der Waals surface area (Å²) >= 11 is 0. The Morgan fingerprint density at radius 1 is 0.860 bits per heavy atom. The van der Waals surface area contributed by atoms with E-state index in [-0.39, 0.29) is 29.8 Å². The van der Waals surface area contributed by atoms with E-state index in [2.05, 4.69) is 22.9 Å². The molecule has 3 aromatic carbocycles. The molecule has 9 nitrogen and oxygen atoms in total. The zero-order valence-electron chi connectivity index (χ0n) is 25.2. The van der Waals surface area contributed by atoms with Crippen LogP contribution in [-0.4, -0.2) is 51.2 Å². The van der Waals surface area contributed by atoms with Crippen LogP contribution in [0.25, 0.3) is 0 Å². The standard InChI is InChI=1S/C33H40N3O6P/c1-23(10-11-24-12-16-28(17-13-24)35-31(37)26-8-6-5-7-9-26)20-27(22-43(40)42-4)32(38)36-30(33(39)34-2)21-25-14-18-29(41-3)19-15-25/h5-9,12-19,23,27,30H,10-11,20-22H2,1-4H3,(H2-,34,35,36,37,38,39)/p+1. The van der Waals surface area contributed by atoms with E-state index in [1.54, 1.807) is 31.4 Å². The maximum Gasteiger partial charge on any atom is 0.508 e. The number of hydrogen-bond donors (Lipinski definition) is 3. The highest BCUT2D eigenvalue weighted by atomic mass is 31.1. The summed E-state index contributed by atoms with van der Waals surface area (Å²) in [7, 11) is 2.45. The lowest BCUT2D eigenvalue weighted by Gasteiger charge is -2.22. The molecule has 0 spiro atoms. The van der Waals surface area contributed by atoms with Crippen LogP contribution in [0.3, 0.4) is 0 Å². The van der Waals surface area contributed by atoms with Crippen LogP contribution in [0.15, 0.2) is 78.9 Å². The number of carbonyl (C=O) groups is 3. The lowest BCUT2D eigenvalue weighted by atomic mass is 9.91. The van der Waals surface area contributed by atoms with E-state index >= 15 is 0 Å². The Morgan fingerprint density at radius 3 is 2.12 bits per heavy atom. The van der Waals surface area contributed by atoms with Gasteiger partial charge in [-0.3, -0.25) is 14.4 Å². The molecule has 0 saturated heterocycles. The first-order valence-corrected chi connectivity index (χ1v) is 15.7. The van der Waals surface area contributed by atoms with Crippen molar-refractivity contribution in [1.29, 1.82) is 0 Å². The first-order valence-electron chi connectivity index (χ1n) is 14.3. The summed E-state index contributed by atoms with van der Waals surface area (Å²) < 4.78 is 22.5.